The highest BCUT2D eigenvalue weighted by atomic mass is 16.3. The number of aryl methyl sites for hydroxylation is 1. The number of nitrogens with zero attached hydrogens (tertiary/aromatic N) is 1. The monoisotopic (exact) mass is 236 g/mol. The minimum atomic E-state index is 0.158. The molecule has 0 saturated carbocycles. The van der Waals surface area contributed by atoms with E-state index in [0.29, 0.717) is 6.42 Å². The molecule has 1 N–H and O–H groups in total. The van der Waals surface area contributed by atoms with Gasteiger partial charge in [-0.2, -0.15) is 0 Å². The second-order valence-corrected chi connectivity index (χ2v) is 4.68. The van der Waals surface area contributed by atoms with Crippen LogP contribution in [0.3, 0.4) is 0 Å². The predicted octanol–water partition coefficient (Wildman–Crippen LogP) is 1.51. The van der Waals surface area contributed by atoms with Crippen LogP contribution in [0.5, 0.6) is 0 Å². The van der Waals surface area contributed by atoms with E-state index in [1.54, 1.807) is 0 Å². The van der Waals surface area contributed by atoms with Crippen LogP contribution in [0, 0.1) is 6.92 Å². The lowest BCUT2D eigenvalue weighted by atomic mass is 10.0. The molecule has 94 valence electrons. The predicted molar refractivity (Wildman–Crippen MR) is 65.9 cm³/mol. The number of amides is 1. The summed E-state index contributed by atoms with van der Waals surface area (Å²) < 4.78 is 5.55. The van der Waals surface area contributed by atoms with Gasteiger partial charge in [-0.25, -0.2) is 0 Å². The van der Waals surface area contributed by atoms with Crippen molar-refractivity contribution in [1.82, 2.24) is 10.2 Å². The molecule has 1 amide bonds. The molecule has 1 aliphatic heterocycles. The lowest BCUT2D eigenvalue weighted by molar-refractivity contribution is -0.132. The summed E-state index contributed by atoms with van der Waals surface area (Å²) in [6, 6.07) is 3.91. The van der Waals surface area contributed by atoms with Gasteiger partial charge in [0.15, 0.2) is 0 Å². The van der Waals surface area contributed by atoms with Crippen LogP contribution in [0.15, 0.2) is 16.5 Å². The molecule has 0 spiro atoms. The van der Waals surface area contributed by atoms with E-state index in [9.17, 15) is 4.79 Å². The molecule has 2 heterocycles. The topological polar surface area (TPSA) is 45.5 Å². The van der Waals surface area contributed by atoms with Crippen LogP contribution < -0.4 is 5.32 Å². The molecule has 1 atom stereocenters. The van der Waals surface area contributed by atoms with E-state index in [2.05, 4.69) is 5.32 Å². The van der Waals surface area contributed by atoms with E-state index in [-0.39, 0.29) is 11.8 Å². The molecular formula is C13H20N2O2. The number of piperazine rings is 1. The average molecular weight is 236 g/mol. The summed E-state index contributed by atoms with van der Waals surface area (Å²) in [5, 5.41) is 3.25. The third-order valence-electron chi connectivity index (χ3n) is 3.20. The summed E-state index contributed by atoms with van der Waals surface area (Å²) in [5.74, 6) is 2.20. The molecule has 1 fully saturated rings. The SMILES string of the molecule is Cc1ccc(C(C)CC(=O)N2CCNCC2)o1. The van der Waals surface area contributed by atoms with Crippen molar-refractivity contribution in [3.05, 3.63) is 23.7 Å². The molecule has 2 rings (SSSR count). The molecular weight excluding hydrogens is 216 g/mol. The minimum Gasteiger partial charge on any atom is -0.466 e. The zero-order chi connectivity index (χ0) is 12.3. The second-order valence-electron chi connectivity index (χ2n) is 4.68. The lowest BCUT2D eigenvalue weighted by Gasteiger charge is -2.28. The zero-order valence-corrected chi connectivity index (χ0v) is 10.5. The second kappa shape index (κ2) is 5.36. The van der Waals surface area contributed by atoms with E-state index in [1.807, 2.05) is 30.9 Å². The molecule has 4 heteroatoms. The highest BCUT2D eigenvalue weighted by molar-refractivity contribution is 5.77. The number of rotatable bonds is 3. The summed E-state index contributed by atoms with van der Waals surface area (Å²) in [7, 11) is 0. The maximum atomic E-state index is 12.0. The van der Waals surface area contributed by atoms with Gasteiger partial charge in [0.2, 0.25) is 5.91 Å². The zero-order valence-electron chi connectivity index (χ0n) is 10.5. The van der Waals surface area contributed by atoms with Crippen LogP contribution in [0.25, 0.3) is 0 Å². The smallest absolute Gasteiger partial charge is 0.223 e. The van der Waals surface area contributed by atoms with Gasteiger partial charge in [-0.15, -0.1) is 0 Å². The molecule has 1 aliphatic rings. The van der Waals surface area contributed by atoms with Crippen LogP contribution in [-0.2, 0) is 4.79 Å². The summed E-state index contributed by atoms with van der Waals surface area (Å²) in [6.07, 6.45) is 0.535. The molecule has 0 aliphatic carbocycles. The van der Waals surface area contributed by atoms with Gasteiger partial charge in [-0.05, 0) is 19.1 Å². The first-order chi connectivity index (χ1) is 8.16. The van der Waals surface area contributed by atoms with Gasteiger partial charge in [-0.3, -0.25) is 4.79 Å². The third kappa shape index (κ3) is 3.09. The lowest BCUT2D eigenvalue weighted by Crippen LogP contribution is -2.46. The number of furan rings is 1. The molecule has 17 heavy (non-hydrogen) atoms. The fraction of sp³-hybridized carbons (Fsp3) is 0.615. The molecule has 0 aromatic carbocycles. The van der Waals surface area contributed by atoms with E-state index in [0.717, 1.165) is 37.7 Å². The van der Waals surface area contributed by atoms with Crippen molar-refractivity contribution in [2.24, 2.45) is 0 Å². The maximum absolute atomic E-state index is 12.0. The first-order valence-corrected chi connectivity index (χ1v) is 6.21. The van der Waals surface area contributed by atoms with Crippen LogP contribution >= 0.6 is 0 Å². The van der Waals surface area contributed by atoms with Gasteiger partial charge in [0.1, 0.15) is 11.5 Å². The van der Waals surface area contributed by atoms with Crippen molar-refractivity contribution in [1.29, 1.82) is 0 Å². The first kappa shape index (κ1) is 12.2. The molecule has 1 aromatic rings. The van der Waals surface area contributed by atoms with Crippen molar-refractivity contribution in [2.75, 3.05) is 26.2 Å². The Hall–Kier alpha value is -1.29. The number of hydrogen-bond acceptors (Lipinski definition) is 3. The Morgan fingerprint density at radius 3 is 2.76 bits per heavy atom. The van der Waals surface area contributed by atoms with Crippen LogP contribution in [-0.4, -0.2) is 37.0 Å². The standard InChI is InChI=1S/C13H20N2O2/c1-10(12-4-3-11(2)17-12)9-13(16)15-7-5-14-6-8-15/h3-4,10,14H,5-9H2,1-2H3. The molecule has 4 nitrogen and oxygen atoms in total. The Morgan fingerprint density at radius 2 is 2.18 bits per heavy atom. The Morgan fingerprint density at radius 1 is 1.47 bits per heavy atom. The molecule has 1 saturated heterocycles. The molecule has 1 aromatic heterocycles. The number of carbonyl (C=O) groups excluding carboxylic acids is 1. The maximum Gasteiger partial charge on any atom is 0.223 e. The molecule has 0 bridgehead atoms. The van der Waals surface area contributed by atoms with Crippen molar-refractivity contribution in [3.8, 4) is 0 Å². The van der Waals surface area contributed by atoms with Gasteiger partial charge in [0.05, 0.1) is 0 Å². The summed E-state index contributed by atoms with van der Waals surface area (Å²) in [4.78, 5) is 14.0. The number of nitrogens with one attached hydrogen (secondary N) is 1. The van der Waals surface area contributed by atoms with Gasteiger partial charge < -0.3 is 14.6 Å². The highest BCUT2D eigenvalue weighted by Crippen LogP contribution is 2.22. The quantitative estimate of drug-likeness (QED) is 0.865. The van der Waals surface area contributed by atoms with Gasteiger partial charge in [0, 0.05) is 38.5 Å². The Bertz CT molecular complexity index is 381. The summed E-state index contributed by atoms with van der Waals surface area (Å²) >= 11 is 0. The fourth-order valence-corrected chi connectivity index (χ4v) is 2.12. The van der Waals surface area contributed by atoms with E-state index < -0.39 is 0 Å². The normalized spacial score (nSPS) is 18.1. The van der Waals surface area contributed by atoms with Crippen LogP contribution in [0.2, 0.25) is 0 Å². The average Bonchev–Trinajstić information content (AvgIpc) is 2.77. The van der Waals surface area contributed by atoms with Crippen molar-refractivity contribution < 1.29 is 9.21 Å². The number of carbonyl (C=O) groups is 1. The largest absolute Gasteiger partial charge is 0.466 e. The van der Waals surface area contributed by atoms with Gasteiger partial charge in [0.25, 0.3) is 0 Å². The Kier molecular flexibility index (Phi) is 3.84. The number of hydrogen-bond donors (Lipinski definition) is 1. The Balaban J connectivity index is 1.89. The third-order valence-corrected chi connectivity index (χ3v) is 3.20. The highest BCUT2D eigenvalue weighted by Gasteiger charge is 2.20. The molecule has 1 unspecified atom stereocenters. The van der Waals surface area contributed by atoms with Crippen LogP contribution in [0.4, 0.5) is 0 Å². The summed E-state index contributed by atoms with van der Waals surface area (Å²) in [6.45, 7) is 7.41. The fourth-order valence-electron chi connectivity index (χ4n) is 2.12. The Labute approximate surface area is 102 Å². The van der Waals surface area contributed by atoms with Crippen LogP contribution in [0.1, 0.15) is 30.8 Å². The van der Waals surface area contributed by atoms with E-state index in [1.165, 1.54) is 0 Å². The first-order valence-electron chi connectivity index (χ1n) is 6.21. The van der Waals surface area contributed by atoms with Gasteiger partial charge in [-0.1, -0.05) is 6.92 Å². The van der Waals surface area contributed by atoms with E-state index >= 15 is 0 Å². The summed E-state index contributed by atoms with van der Waals surface area (Å²) in [5.41, 5.74) is 0. The molecule has 0 radical (unpaired) electrons. The van der Waals surface area contributed by atoms with Crippen molar-refractivity contribution >= 4 is 5.91 Å². The van der Waals surface area contributed by atoms with E-state index in [4.69, 9.17) is 4.42 Å². The van der Waals surface area contributed by atoms with Gasteiger partial charge >= 0.3 is 0 Å². The van der Waals surface area contributed by atoms with Crippen molar-refractivity contribution in [2.45, 2.75) is 26.2 Å². The van der Waals surface area contributed by atoms with Crippen molar-refractivity contribution in [3.63, 3.8) is 0 Å². The minimum absolute atomic E-state index is 0.158.